The largest absolute Gasteiger partial charge is 0.478 e. The van der Waals surface area contributed by atoms with Crippen LogP contribution >= 0.6 is 0 Å². The van der Waals surface area contributed by atoms with Crippen molar-refractivity contribution < 1.29 is 19.4 Å². The summed E-state index contributed by atoms with van der Waals surface area (Å²) in [5.41, 5.74) is 0.906. The van der Waals surface area contributed by atoms with E-state index in [2.05, 4.69) is 0 Å². The molecule has 0 radical (unpaired) electrons. The fourth-order valence-electron chi connectivity index (χ4n) is 1.62. The second kappa shape index (κ2) is 6.63. The van der Waals surface area contributed by atoms with Crippen molar-refractivity contribution in [2.24, 2.45) is 0 Å². The average molecular weight is 281 g/mol. The van der Waals surface area contributed by atoms with Gasteiger partial charge in [0.2, 0.25) is 0 Å². The third kappa shape index (κ3) is 4.43. The highest BCUT2D eigenvalue weighted by atomic mass is 19.1. The van der Waals surface area contributed by atoms with Crippen LogP contribution in [-0.4, -0.2) is 40.3 Å². The number of carbonyl (C=O) groups is 1. The number of aliphatic carboxylic acids is 1. The zero-order valence-corrected chi connectivity index (χ0v) is 11.9. The molecular weight excluding hydrogens is 261 g/mol. The first-order valence-corrected chi connectivity index (χ1v) is 6.28. The first-order chi connectivity index (χ1) is 9.26. The molecule has 1 aromatic carbocycles. The quantitative estimate of drug-likeness (QED) is 0.784. The van der Waals surface area contributed by atoms with Crippen LogP contribution in [0.2, 0.25) is 0 Å². The molecule has 0 aliphatic carbocycles. The maximum absolute atomic E-state index is 13.3. The SMILES string of the molecule is CN(Cc1ccc(F)cc1/C=C/C(=O)O)C(C)(C)CO. The van der Waals surface area contributed by atoms with Gasteiger partial charge >= 0.3 is 5.97 Å². The lowest BCUT2D eigenvalue weighted by Gasteiger charge is -2.34. The van der Waals surface area contributed by atoms with Crippen molar-refractivity contribution in [2.45, 2.75) is 25.9 Å². The van der Waals surface area contributed by atoms with Crippen molar-refractivity contribution in [3.05, 3.63) is 41.2 Å². The van der Waals surface area contributed by atoms with Crippen LogP contribution in [0, 0.1) is 5.82 Å². The predicted molar refractivity (Wildman–Crippen MR) is 75.7 cm³/mol. The Morgan fingerprint density at radius 2 is 2.10 bits per heavy atom. The summed E-state index contributed by atoms with van der Waals surface area (Å²) in [5.74, 6) is -1.49. The number of rotatable bonds is 6. The third-order valence-corrected chi connectivity index (χ3v) is 3.34. The molecule has 0 aliphatic heterocycles. The summed E-state index contributed by atoms with van der Waals surface area (Å²) in [6.07, 6.45) is 2.36. The number of carboxylic acids is 1. The molecule has 1 aromatic rings. The van der Waals surface area contributed by atoms with Gasteiger partial charge in [0.05, 0.1) is 6.61 Å². The molecule has 110 valence electrons. The normalized spacial score (nSPS) is 12.3. The van der Waals surface area contributed by atoms with Crippen LogP contribution in [0.15, 0.2) is 24.3 Å². The molecule has 0 saturated carbocycles. The Labute approximate surface area is 118 Å². The molecule has 0 heterocycles. The first kappa shape index (κ1) is 16.3. The van der Waals surface area contributed by atoms with Crippen LogP contribution in [0.5, 0.6) is 0 Å². The summed E-state index contributed by atoms with van der Waals surface area (Å²) in [6.45, 7) is 4.25. The Kier molecular flexibility index (Phi) is 5.42. The van der Waals surface area contributed by atoms with E-state index >= 15 is 0 Å². The zero-order chi connectivity index (χ0) is 15.3. The van der Waals surface area contributed by atoms with Crippen LogP contribution in [-0.2, 0) is 11.3 Å². The van der Waals surface area contributed by atoms with Gasteiger partial charge in [-0.3, -0.25) is 4.90 Å². The summed E-state index contributed by atoms with van der Waals surface area (Å²) in [6, 6.07) is 4.27. The van der Waals surface area contributed by atoms with E-state index in [1.807, 2.05) is 25.8 Å². The van der Waals surface area contributed by atoms with Gasteiger partial charge in [0.15, 0.2) is 0 Å². The Hall–Kier alpha value is -1.72. The molecule has 0 fully saturated rings. The number of carboxylic acid groups (broad SMARTS) is 1. The number of halogens is 1. The Bertz CT molecular complexity index is 512. The molecule has 0 aliphatic rings. The number of likely N-dealkylation sites (N-methyl/N-ethyl adjacent to an activating group) is 1. The highest BCUT2D eigenvalue weighted by Gasteiger charge is 2.22. The van der Waals surface area contributed by atoms with Crippen molar-refractivity contribution in [1.82, 2.24) is 4.90 Å². The van der Waals surface area contributed by atoms with E-state index in [0.717, 1.165) is 11.6 Å². The topological polar surface area (TPSA) is 60.8 Å². The van der Waals surface area contributed by atoms with Crippen LogP contribution < -0.4 is 0 Å². The third-order valence-electron chi connectivity index (χ3n) is 3.34. The van der Waals surface area contributed by atoms with Gasteiger partial charge in [-0.2, -0.15) is 0 Å². The highest BCUT2D eigenvalue weighted by Crippen LogP contribution is 2.19. The minimum Gasteiger partial charge on any atom is -0.478 e. The molecule has 2 N–H and O–H groups in total. The maximum Gasteiger partial charge on any atom is 0.328 e. The van der Waals surface area contributed by atoms with Gasteiger partial charge in [0.1, 0.15) is 5.82 Å². The second-order valence-corrected chi connectivity index (χ2v) is 5.34. The van der Waals surface area contributed by atoms with Gasteiger partial charge in [-0.15, -0.1) is 0 Å². The minimum absolute atomic E-state index is 0.00894. The Morgan fingerprint density at radius 1 is 1.45 bits per heavy atom. The lowest BCUT2D eigenvalue weighted by molar-refractivity contribution is -0.131. The fourth-order valence-corrected chi connectivity index (χ4v) is 1.62. The van der Waals surface area contributed by atoms with Crippen molar-refractivity contribution in [3.8, 4) is 0 Å². The molecule has 5 heteroatoms. The number of aliphatic hydroxyl groups is 1. The van der Waals surface area contributed by atoms with E-state index in [1.165, 1.54) is 18.2 Å². The lowest BCUT2D eigenvalue weighted by atomic mass is 10.0. The van der Waals surface area contributed by atoms with Crippen LogP contribution in [0.4, 0.5) is 4.39 Å². The maximum atomic E-state index is 13.3. The first-order valence-electron chi connectivity index (χ1n) is 6.28. The molecule has 1 rings (SSSR count). The zero-order valence-electron chi connectivity index (χ0n) is 11.9. The number of hydrogen-bond acceptors (Lipinski definition) is 3. The molecular formula is C15H20FNO3. The van der Waals surface area contributed by atoms with E-state index in [-0.39, 0.29) is 6.61 Å². The minimum atomic E-state index is -1.08. The monoisotopic (exact) mass is 281 g/mol. The summed E-state index contributed by atoms with van der Waals surface area (Å²) in [4.78, 5) is 12.5. The van der Waals surface area contributed by atoms with Crippen molar-refractivity contribution in [3.63, 3.8) is 0 Å². The van der Waals surface area contributed by atoms with E-state index < -0.39 is 17.3 Å². The van der Waals surface area contributed by atoms with E-state index in [1.54, 1.807) is 6.07 Å². The van der Waals surface area contributed by atoms with Crippen LogP contribution in [0.1, 0.15) is 25.0 Å². The predicted octanol–water partition coefficient (Wildman–Crippen LogP) is 2.13. The fraction of sp³-hybridized carbons (Fsp3) is 0.400. The van der Waals surface area contributed by atoms with Gasteiger partial charge < -0.3 is 10.2 Å². The molecule has 0 amide bonds. The van der Waals surface area contributed by atoms with Crippen LogP contribution in [0.25, 0.3) is 6.08 Å². The van der Waals surface area contributed by atoms with E-state index in [0.29, 0.717) is 12.1 Å². The van der Waals surface area contributed by atoms with Crippen molar-refractivity contribution in [2.75, 3.05) is 13.7 Å². The number of aliphatic hydroxyl groups excluding tert-OH is 1. The summed E-state index contributed by atoms with van der Waals surface area (Å²) < 4.78 is 13.3. The molecule has 0 spiro atoms. The molecule has 4 nitrogen and oxygen atoms in total. The molecule has 0 atom stereocenters. The molecule has 0 saturated heterocycles. The second-order valence-electron chi connectivity index (χ2n) is 5.34. The molecule has 0 aromatic heterocycles. The van der Waals surface area contributed by atoms with Gasteiger partial charge in [-0.05, 0) is 50.2 Å². The van der Waals surface area contributed by atoms with Gasteiger partial charge in [-0.25, -0.2) is 9.18 Å². The standard InChI is InChI=1S/C15H20FNO3/c1-15(2,10-18)17(3)9-12-4-6-13(16)8-11(12)5-7-14(19)20/h4-8,18H,9-10H2,1-3H3,(H,19,20)/b7-5+. The van der Waals surface area contributed by atoms with E-state index in [4.69, 9.17) is 5.11 Å². The number of benzene rings is 1. The Morgan fingerprint density at radius 3 is 2.65 bits per heavy atom. The average Bonchev–Trinajstić information content (AvgIpc) is 2.38. The highest BCUT2D eigenvalue weighted by molar-refractivity contribution is 5.85. The van der Waals surface area contributed by atoms with Crippen LogP contribution in [0.3, 0.4) is 0 Å². The van der Waals surface area contributed by atoms with E-state index in [9.17, 15) is 14.3 Å². The Balaban J connectivity index is 3.03. The summed E-state index contributed by atoms with van der Waals surface area (Å²) >= 11 is 0. The van der Waals surface area contributed by atoms with Gasteiger partial charge in [-0.1, -0.05) is 6.07 Å². The molecule has 0 bridgehead atoms. The summed E-state index contributed by atoms with van der Waals surface area (Å²) in [5, 5.41) is 18.0. The number of hydrogen-bond donors (Lipinski definition) is 2. The van der Waals surface area contributed by atoms with Crippen molar-refractivity contribution >= 4 is 12.0 Å². The smallest absolute Gasteiger partial charge is 0.328 e. The van der Waals surface area contributed by atoms with Gasteiger partial charge in [0.25, 0.3) is 0 Å². The molecule has 0 unspecified atom stereocenters. The van der Waals surface area contributed by atoms with Crippen molar-refractivity contribution in [1.29, 1.82) is 0 Å². The summed E-state index contributed by atoms with van der Waals surface area (Å²) in [7, 11) is 1.85. The molecule has 20 heavy (non-hydrogen) atoms. The van der Waals surface area contributed by atoms with Gasteiger partial charge in [0, 0.05) is 18.2 Å². The number of nitrogens with zero attached hydrogens (tertiary/aromatic N) is 1. The lowest BCUT2D eigenvalue weighted by Crippen LogP contribution is -2.43.